The quantitative estimate of drug-likeness (QED) is 0.809. The van der Waals surface area contributed by atoms with Gasteiger partial charge in [-0.2, -0.15) is 0 Å². The molecule has 1 rings (SSSR count). The Morgan fingerprint density at radius 3 is 2.76 bits per heavy atom. The van der Waals surface area contributed by atoms with E-state index in [1.165, 1.54) is 6.20 Å². The fourth-order valence-corrected chi connectivity index (χ4v) is 1.50. The Kier molecular flexibility index (Phi) is 4.63. The van der Waals surface area contributed by atoms with E-state index in [2.05, 4.69) is 10.3 Å². The summed E-state index contributed by atoms with van der Waals surface area (Å²) in [5.41, 5.74) is 1.00. The number of aryl methyl sites for hydroxylation is 1. The Morgan fingerprint density at radius 2 is 2.24 bits per heavy atom. The van der Waals surface area contributed by atoms with Gasteiger partial charge >= 0.3 is 5.97 Å². The minimum absolute atomic E-state index is 0.273. The van der Waals surface area contributed by atoms with Gasteiger partial charge in [0.2, 0.25) is 0 Å². The molecule has 1 atom stereocenters. The summed E-state index contributed by atoms with van der Waals surface area (Å²) < 4.78 is 0. The standard InChI is InChI=1S/C12H16N2O3/c1-3-5-9(12(16)17)14-11(15)10-8(2)6-4-7-13-10/h4,6-7,9H,3,5H2,1-2H3,(H,14,15)(H,16,17). The van der Waals surface area contributed by atoms with Crippen LogP contribution in [-0.4, -0.2) is 28.0 Å². The summed E-state index contributed by atoms with van der Waals surface area (Å²) >= 11 is 0. The van der Waals surface area contributed by atoms with E-state index < -0.39 is 17.9 Å². The molecule has 1 unspecified atom stereocenters. The van der Waals surface area contributed by atoms with Gasteiger partial charge in [-0.1, -0.05) is 19.4 Å². The number of carboxylic acid groups (broad SMARTS) is 1. The van der Waals surface area contributed by atoms with Crippen molar-refractivity contribution in [3.05, 3.63) is 29.6 Å². The summed E-state index contributed by atoms with van der Waals surface area (Å²) in [6.45, 7) is 3.63. The van der Waals surface area contributed by atoms with Gasteiger partial charge in [-0.3, -0.25) is 9.78 Å². The second-order valence-electron chi connectivity index (χ2n) is 3.82. The van der Waals surface area contributed by atoms with E-state index in [4.69, 9.17) is 5.11 Å². The number of nitrogens with one attached hydrogen (secondary N) is 1. The van der Waals surface area contributed by atoms with Crippen molar-refractivity contribution in [1.82, 2.24) is 10.3 Å². The highest BCUT2D eigenvalue weighted by molar-refractivity contribution is 5.96. The SMILES string of the molecule is CCCC(NC(=O)c1ncccc1C)C(=O)O. The normalized spacial score (nSPS) is 11.9. The number of aliphatic carboxylic acids is 1. The van der Waals surface area contributed by atoms with E-state index >= 15 is 0 Å². The van der Waals surface area contributed by atoms with Crippen LogP contribution in [0.5, 0.6) is 0 Å². The second-order valence-corrected chi connectivity index (χ2v) is 3.82. The van der Waals surface area contributed by atoms with Gasteiger partial charge in [0, 0.05) is 6.20 Å². The van der Waals surface area contributed by atoms with Crippen molar-refractivity contribution in [2.24, 2.45) is 0 Å². The number of hydrogen-bond acceptors (Lipinski definition) is 3. The van der Waals surface area contributed by atoms with Gasteiger partial charge in [-0.15, -0.1) is 0 Å². The first-order chi connectivity index (χ1) is 8.06. The van der Waals surface area contributed by atoms with Crippen molar-refractivity contribution in [3.63, 3.8) is 0 Å². The molecule has 0 bridgehead atoms. The number of rotatable bonds is 5. The number of pyridine rings is 1. The zero-order chi connectivity index (χ0) is 12.8. The molecule has 0 fully saturated rings. The molecule has 1 amide bonds. The third kappa shape index (κ3) is 3.55. The lowest BCUT2D eigenvalue weighted by Crippen LogP contribution is -2.41. The van der Waals surface area contributed by atoms with Crippen molar-refractivity contribution < 1.29 is 14.7 Å². The van der Waals surface area contributed by atoms with Crippen molar-refractivity contribution in [3.8, 4) is 0 Å². The van der Waals surface area contributed by atoms with Crippen LogP contribution in [-0.2, 0) is 4.79 Å². The van der Waals surface area contributed by atoms with Gasteiger partial charge < -0.3 is 10.4 Å². The molecular formula is C12H16N2O3. The van der Waals surface area contributed by atoms with Crippen molar-refractivity contribution in [2.75, 3.05) is 0 Å². The fourth-order valence-electron chi connectivity index (χ4n) is 1.50. The zero-order valence-electron chi connectivity index (χ0n) is 9.93. The lowest BCUT2D eigenvalue weighted by molar-refractivity contribution is -0.139. The molecular weight excluding hydrogens is 220 g/mol. The van der Waals surface area contributed by atoms with Crippen LogP contribution in [0.4, 0.5) is 0 Å². The Balaban J connectivity index is 2.77. The molecule has 0 aliphatic rings. The maximum absolute atomic E-state index is 11.8. The van der Waals surface area contributed by atoms with E-state index in [-0.39, 0.29) is 5.69 Å². The highest BCUT2D eigenvalue weighted by Gasteiger charge is 2.20. The zero-order valence-corrected chi connectivity index (χ0v) is 9.93. The Hall–Kier alpha value is -1.91. The molecule has 1 aromatic rings. The van der Waals surface area contributed by atoms with E-state index in [1.54, 1.807) is 19.1 Å². The number of carbonyl (C=O) groups excluding carboxylic acids is 1. The average Bonchev–Trinajstić information content (AvgIpc) is 2.28. The maximum Gasteiger partial charge on any atom is 0.326 e. The molecule has 0 aliphatic carbocycles. The van der Waals surface area contributed by atoms with E-state index in [0.717, 1.165) is 5.56 Å². The van der Waals surface area contributed by atoms with Crippen LogP contribution in [0.1, 0.15) is 35.8 Å². The number of carboxylic acids is 1. The molecule has 17 heavy (non-hydrogen) atoms. The molecule has 0 radical (unpaired) electrons. The third-order valence-electron chi connectivity index (χ3n) is 2.41. The largest absolute Gasteiger partial charge is 0.480 e. The van der Waals surface area contributed by atoms with Crippen molar-refractivity contribution >= 4 is 11.9 Å². The smallest absolute Gasteiger partial charge is 0.326 e. The van der Waals surface area contributed by atoms with Crippen LogP contribution in [0.15, 0.2) is 18.3 Å². The van der Waals surface area contributed by atoms with Crippen molar-refractivity contribution in [2.45, 2.75) is 32.7 Å². The molecule has 1 aromatic heterocycles. The van der Waals surface area contributed by atoms with E-state index in [0.29, 0.717) is 12.8 Å². The van der Waals surface area contributed by atoms with Crippen LogP contribution in [0.2, 0.25) is 0 Å². The maximum atomic E-state index is 11.8. The molecule has 0 aliphatic heterocycles. The van der Waals surface area contributed by atoms with Crippen molar-refractivity contribution in [1.29, 1.82) is 0 Å². The Labute approximate surface area is 99.9 Å². The number of carbonyl (C=O) groups is 2. The topological polar surface area (TPSA) is 79.3 Å². The van der Waals surface area contributed by atoms with Gasteiger partial charge in [0.25, 0.3) is 5.91 Å². The van der Waals surface area contributed by atoms with E-state index in [9.17, 15) is 9.59 Å². The predicted octanol–water partition coefficient (Wildman–Crippen LogP) is 1.37. The van der Waals surface area contributed by atoms with Gasteiger partial charge in [-0.25, -0.2) is 4.79 Å². The first kappa shape index (κ1) is 13.2. The third-order valence-corrected chi connectivity index (χ3v) is 2.41. The molecule has 0 saturated heterocycles. The summed E-state index contributed by atoms with van der Waals surface area (Å²) in [7, 11) is 0. The highest BCUT2D eigenvalue weighted by Crippen LogP contribution is 2.05. The van der Waals surface area contributed by atoms with Gasteiger partial charge in [-0.05, 0) is 25.0 Å². The predicted molar refractivity (Wildman–Crippen MR) is 62.8 cm³/mol. The molecule has 5 heteroatoms. The molecule has 0 saturated carbocycles. The number of amides is 1. The van der Waals surface area contributed by atoms with Crippen LogP contribution in [0.25, 0.3) is 0 Å². The minimum Gasteiger partial charge on any atom is -0.480 e. The van der Waals surface area contributed by atoms with Crippen LogP contribution < -0.4 is 5.32 Å². The molecule has 92 valence electrons. The lowest BCUT2D eigenvalue weighted by atomic mass is 10.1. The lowest BCUT2D eigenvalue weighted by Gasteiger charge is -2.13. The summed E-state index contributed by atoms with van der Waals surface area (Å²) in [5, 5.41) is 11.4. The molecule has 0 aromatic carbocycles. The summed E-state index contributed by atoms with van der Waals surface area (Å²) in [6, 6.07) is 2.64. The molecule has 0 spiro atoms. The molecule has 5 nitrogen and oxygen atoms in total. The first-order valence-corrected chi connectivity index (χ1v) is 5.51. The molecule has 2 N–H and O–H groups in total. The average molecular weight is 236 g/mol. The number of hydrogen-bond donors (Lipinski definition) is 2. The van der Waals surface area contributed by atoms with Gasteiger partial charge in [0.15, 0.2) is 0 Å². The van der Waals surface area contributed by atoms with Crippen LogP contribution >= 0.6 is 0 Å². The Bertz CT molecular complexity index is 418. The van der Waals surface area contributed by atoms with Crippen LogP contribution in [0, 0.1) is 6.92 Å². The summed E-state index contributed by atoms with van der Waals surface area (Å²) in [4.78, 5) is 26.7. The Morgan fingerprint density at radius 1 is 1.53 bits per heavy atom. The first-order valence-electron chi connectivity index (χ1n) is 5.51. The summed E-state index contributed by atoms with van der Waals surface area (Å²) in [5.74, 6) is -1.46. The van der Waals surface area contributed by atoms with Gasteiger partial charge in [0.05, 0.1) is 0 Å². The monoisotopic (exact) mass is 236 g/mol. The number of aromatic nitrogens is 1. The fraction of sp³-hybridized carbons (Fsp3) is 0.417. The highest BCUT2D eigenvalue weighted by atomic mass is 16.4. The van der Waals surface area contributed by atoms with E-state index in [1.807, 2.05) is 6.92 Å². The van der Waals surface area contributed by atoms with Crippen LogP contribution in [0.3, 0.4) is 0 Å². The summed E-state index contributed by atoms with van der Waals surface area (Å²) in [6.07, 6.45) is 2.61. The minimum atomic E-state index is -1.02. The number of nitrogens with zero attached hydrogens (tertiary/aromatic N) is 1. The second kappa shape index (κ2) is 5.98. The molecule has 1 heterocycles. The van der Waals surface area contributed by atoms with Gasteiger partial charge in [0.1, 0.15) is 11.7 Å².